The quantitative estimate of drug-likeness (QED) is 0.832. The third-order valence-corrected chi connectivity index (χ3v) is 3.75. The summed E-state index contributed by atoms with van der Waals surface area (Å²) in [7, 11) is 1.74. The van der Waals surface area contributed by atoms with E-state index < -0.39 is 0 Å². The molecule has 0 amide bonds. The Morgan fingerprint density at radius 2 is 2.28 bits per heavy atom. The fraction of sp³-hybridized carbons (Fsp3) is 0.357. The Kier molecular flexibility index (Phi) is 4.33. The molecule has 4 heteroatoms. The fourth-order valence-corrected chi connectivity index (χ4v) is 2.81. The van der Waals surface area contributed by atoms with Crippen LogP contribution in [0.5, 0.6) is 0 Å². The van der Waals surface area contributed by atoms with Crippen molar-refractivity contribution in [3.8, 4) is 11.3 Å². The zero-order valence-electron chi connectivity index (χ0n) is 10.7. The molecule has 0 saturated carbocycles. The maximum Gasteiger partial charge on any atom is 0.122 e. The number of nitrogen functional groups attached to an aromatic ring is 1. The van der Waals surface area contributed by atoms with Crippen LogP contribution in [0.4, 0.5) is 5.69 Å². The molecule has 1 aromatic heterocycles. The first-order valence-electron chi connectivity index (χ1n) is 6.08. The van der Waals surface area contributed by atoms with Gasteiger partial charge in [-0.05, 0) is 18.6 Å². The number of benzene rings is 1. The van der Waals surface area contributed by atoms with Gasteiger partial charge in [0.05, 0.1) is 5.69 Å². The molecule has 1 aromatic carbocycles. The van der Waals surface area contributed by atoms with Crippen molar-refractivity contribution in [2.75, 3.05) is 12.8 Å². The Labute approximate surface area is 112 Å². The molecule has 2 rings (SSSR count). The summed E-state index contributed by atoms with van der Waals surface area (Å²) in [5, 5.41) is 3.10. The van der Waals surface area contributed by atoms with E-state index >= 15 is 0 Å². The van der Waals surface area contributed by atoms with Gasteiger partial charge in [-0.25, -0.2) is 4.98 Å². The first-order valence-corrected chi connectivity index (χ1v) is 6.96. The third-order valence-electron chi connectivity index (χ3n) is 2.82. The molecule has 96 valence electrons. The van der Waals surface area contributed by atoms with E-state index in [2.05, 4.69) is 17.3 Å². The van der Waals surface area contributed by atoms with E-state index in [9.17, 15) is 0 Å². The molecule has 0 spiro atoms. The minimum absolute atomic E-state index is 0.106. The van der Waals surface area contributed by atoms with Crippen LogP contribution in [0.15, 0.2) is 29.6 Å². The summed E-state index contributed by atoms with van der Waals surface area (Å²) in [4.78, 5) is 4.65. The normalized spacial score (nSPS) is 12.6. The van der Waals surface area contributed by atoms with Crippen LogP contribution in [0, 0.1) is 0 Å². The average molecular weight is 262 g/mol. The zero-order chi connectivity index (χ0) is 13.0. The summed E-state index contributed by atoms with van der Waals surface area (Å²) >= 11 is 1.65. The van der Waals surface area contributed by atoms with Gasteiger partial charge in [0.25, 0.3) is 0 Å². The van der Waals surface area contributed by atoms with Crippen molar-refractivity contribution in [1.82, 2.24) is 4.98 Å². The second-order valence-corrected chi connectivity index (χ2v) is 5.10. The SMILES string of the molecule is CCCC(OC)c1nc(-c2cccc(N)c2)cs1. The van der Waals surface area contributed by atoms with Crippen molar-refractivity contribution in [3.05, 3.63) is 34.7 Å². The highest BCUT2D eigenvalue weighted by Gasteiger charge is 2.14. The van der Waals surface area contributed by atoms with Crippen molar-refractivity contribution < 1.29 is 4.74 Å². The van der Waals surface area contributed by atoms with Crippen LogP contribution in [0.3, 0.4) is 0 Å². The van der Waals surface area contributed by atoms with E-state index in [1.165, 1.54) is 0 Å². The van der Waals surface area contributed by atoms with Crippen LogP contribution >= 0.6 is 11.3 Å². The second-order valence-electron chi connectivity index (χ2n) is 4.21. The molecule has 1 atom stereocenters. The Morgan fingerprint density at radius 1 is 1.44 bits per heavy atom. The van der Waals surface area contributed by atoms with Crippen LogP contribution in [-0.4, -0.2) is 12.1 Å². The monoisotopic (exact) mass is 262 g/mol. The topological polar surface area (TPSA) is 48.1 Å². The highest BCUT2D eigenvalue weighted by atomic mass is 32.1. The molecule has 2 N–H and O–H groups in total. The van der Waals surface area contributed by atoms with Crippen molar-refractivity contribution in [1.29, 1.82) is 0 Å². The lowest BCUT2D eigenvalue weighted by Crippen LogP contribution is -2.00. The predicted molar refractivity (Wildman–Crippen MR) is 76.6 cm³/mol. The fourth-order valence-electron chi connectivity index (χ4n) is 1.87. The smallest absolute Gasteiger partial charge is 0.122 e. The van der Waals surface area contributed by atoms with Gasteiger partial charge in [-0.15, -0.1) is 11.3 Å². The number of ether oxygens (including phenoxy) is 1. The van der Waals surface area contributed by atoms with Gasteiger partial charge in [0, 0.05) is 23.7 Å². The number of aromatic nitrogens is 1. The standard InChI is InChI=1S/C14H18N2OS/c1-3-5-13(17-2)14-16-12(9-18-14)10-6-4-7-11(15)8-10/h4,6-9,13H,3,5,15H2,1-2H3. The molecule has 0 aliphatic heterocycles. The van der Waals surface area contributed by atoms with Gasteiger partial charge >= 0.3 is 0 Å². The largest absolute Gasteiger partial charge is 0.399 e. The van der Waals surface area contributed by atoms with E-state index in [0.29, 0.717) is 0 Å². The molecule has 2 aromatic rings. The van der Waals surface area contributed by atoms with Gasteiger partial charge < -0.3 is 10.5 Å². The van der Waals surface area contributed by atoms with Crippen molar-refractivity contribution in [3.63, 3.8) is 0 Å². The van der Waals surface area contributed by atoms with Crippen molar-refractivity contribution in [2.45, 2.75) is 25.9 Å². The lowest BCUT2D eigenvalue weighted by molar-refractivity contribution is 0.0948. The predicted octanol–water partition coefficient (Wildman–Crippen LogP) is 3.88. The van der Waals surface area contributed by atoms with E-state index in [4.69, 9.17) is 10.5 Å². The number of rotatable bonds is 5. The van der Waals surface area contributed by atoms with Crippen LogP contribution in [-0.2, 0) is 4.74 Å². The molecule has 0 radical (unpaired) electrons. The molecular formula is C14H18N2OS. The summed E-state index contributed by atoms with van der Waals surface area (Å²) in [6, 6.07) is 7.80. The summed E-state index contributed by atoms with van der Waals surface area (Å²) in [6.45, 7) is 2.15. The van der Waals surface area contributed by atoms with E-state index in [1.54, 1.807) is 18.4 Å². The molecular weight excluding hydrogens is 244 g/mol. The molecule has 0 fully saturated rings. The maximum absolute atomic E-state index is 5.79. The number of hydrogen-bond acceptors (Lipinski definition) is 4. The maximum atomic E-state index is 5.79. The Balaban J connectivity index is 2.24. The summed E-state index contributed by atoms with van der Waals surface area (Å²) < 4.78 is 5.47. The highest BCUT2D eigenvalue weighted by Crippen LogP contribution is 2.29. The molecule has 0 bridgehead atoms. The molecule has 1 unspecified atom stereocenters. The van der Waals surface area contributed by atoms with Crippen LogP contribution in [0.25, 0.3) is 11.3 Å². The number of anilines is 1. The second kappa shape index (κ2) is 5.98. The number of thiazole rings is 1. The number of hydrogen-bond donors (Lipinski definition) is 1. The van der Waals surface area contributed by atoms with Gasteiger partial charge in [0.1, 0.15) is 11.1 Å². The number of nitrogens with two attached hydrogens (primary N) is 1. The lowest BCUT2D eigenvalue weighted by Gasteiger charge is -2.10. The summed E-state index contributed by atoms with van der Waals surface area (Å²) in [5.41, 5.74) is 8.58. The lowest BCUT2D eigenvalue weighted by atomic mass is 10.1. The molecule has 0 aliphatic carbocycles. The molecule has 0 saturated heterocycles. The Bertz CT molecular complexity index is 510. The highest BCUT2D eigenvalue weighted by molar-refractivity contribution is 7.10. The van der Waals surface area contributed by atoms with Gasteiger partial charge in [0.15, 0.2) is 0 Å². The van der Waals surface area contributed by atoms with Crippen LogP contribution < -0.4 is 5.73 Å². The van der Waals surface area contributed by atoms with E-state index in [-0.39, 0.29) is 6.10 Å². The first-order chi connectivity index (χ1) is 8.74. The van der Waals surface area contributed by atoms with Gasteiger partial charge in [-0.1, -0.05) is 25.5 Å². The van der Waals surface area contributed by atoms with Gasteiger partial charge in [-0.2, -0.15) is 0 Å². The minimum atomic E-state index is 0.106. The minimum Gasteiger partial charge on any atom is -0.399 e. The van der Waals surface area contributed by atoms with Crippen molar-refractivity contribution in [2.24, 2.45) is 0 Å². The van der Waals surface area contributed by atoms with Crippen molar-refractivity contribution >= 4 is 17.0 Å². The Hall–Kier alpha value is -1.39. The molecule has 1 heterocycles. The first kappa shape index (κ1) is 13.1. The number of nitrogens with zero attached hydrogens (tertiary/aromatic N) is 1. The van der Waals surface area contributed by atoms with Crippen LogP contribution in [0.1, 0.15) is 30.9 Å². The zero-order valence-corrected chi connectivity index (χ0v) is 11.5. The summed E-state index contributed by atoms with van der Waals surface area (Å²) in [5.74, 6) is 0. The van der Waals surface area contributed by atoms with Gasteiger partial charge in [-0.3, -0.25) is 0 Å². The number of methoxy groups -OCH3 is 1. The van der Waals surface area contributed by atoms with E-state index in [1.807, 2.05) is 24.3 Å². The molecule has 18 heavy (non-hydrogen) atoms. The van der Waals surface area contributed by atoms with Crippen LogP contribution in [0.2, 0.25) is 0 Å². The summed E-state index contributed by atoms with van der Waals surface area (Å²) in [6.07, 6.45) is 2.20. The third kappa shape index (κ3) is 2.89. The van der Waals surface area contributed by atoms with E-state index in [0.717, 1.165) is 34.8 Å². The Morgan fingerprint density at radius 3 is 2.94 bits per heavy atom. The molecule has 3 nitrogen and oxygen atoms in total. The molecule has 0 aliphatic rings. The van der Waals surface area contributed by atoms with Gasteiger partial charge in [0.2, 0.25) is 0 Å². The average Bonchev–Trinajstić information content (AvgIpc) is 2.85.